The minimum atomic E-state index is -0.833. The van der Waals surface area contributed by atoms with Crippen molar-refractivity contribution in [3.05, 3.63) is 0 Å². The van der Waals surface area contributed by atoms with Gasteiger partial charge in [-0.05, 0) is 31.8 Å². The summed E-state index contributed by atoms with van der Waals surface area (Å²) in [5.41, 5.74) is 0. The van der Waals surface area contributed by atoms with Gasteiger partial charge in [0.1, 0.15) is 0 Å². The SMILES string of the molecule is CC(=O)O.COCC(O)CN(C)C(=O)CC1CCNCC1. The molecule has 1 aliphatic heterocycles. The minimum Gasteiger partial charge on any atom is -0.481 e. The van der Waals surface area contributed by atoms with Gasteiger partial charge in [0.2, 0.25) is 5.91 Å². The first kappa shape index (κ1) is 19.8. The molecule has 1 atom stereocenters. The Balaban J connectivity index is 0.000000885. The van der Waals surface area contributed by atoms with E-state index < -0.39 is 12.1 Å². The average Bonchev–Trinajstić information content (AvgIpc) is 2.39. The molecule has 124 valence electrons. The number of amides is 1. The third-order valence-corrected chi connectivity index (χ3v) is 3.19. The molecule has 3 N–H and O–H groups in total. The Morgan fingerprint density at radius 1 is 1.38 bits per heavy atom. The third kappa shape index (κ3) is 11.2. The number of carboxylic acid groups (broad SMARTS) is 1. The Morgan fingerprint density at radius 2 is 1.90 bits per heavy atom. The fraction of sp³-hybridized carbons (Fsp3) is 0.857. The Kier molecular flexibility index (Phi) is 10.8. The number of aliphatic carboxylic acids is 1. The van der Waals surface area contributed by atoms with Gasteiger partial charge < -0.3 is 25.2 Å². The molecule has 0 aliphatic carbocycles. The molecule has 1 heterocycles. The van der Waals surface area contributed by atoms with Crippen LogP contribution in [0, 0.1) is 5.92 Å². The summed E-state index contributed by atoms with van der Waals surface area (Å²) in [7, 11) is 3.28. The second-order valence-corrected chi connectivity index (χ2v) is 5.30. The Hall–Kier alpha value is -1.18. The van der Waals surface area contributed by atoms with Crippen molar-refractivity contribution in [2.24, 2.45) is 5.92 Å². The lowest BCUT2D eigenvalue weighted by molar-refractivity contribution is -0.134. The van der Waals surface area contributed by atoms with E-state index in [1.807, 2.05) is 0 Å². The molecule has 0 radical (unpaired) electrons. The Morgan fingerprint density at radius 3 is 2.38 bits per heavy atom. The fourth-order valence-electron chi connectivity index (χ4n) is 2.15. The van der Waals surface area contributed by atoms with Crippen LogP contribution in [-0.2, 0) is 14.3 Å². The maximum atomic E-state index is 11.9. The molecule has 0 saturated carbocycles. The fourth-order valence-corrected chi connectivity index (χ4v) is 2.15. The van der Waals surface area contributed by atoms with Crippen LogP contribution in [0.5, 0.6) is 0 Å². The summed E-state index contributed by atoms with van der Waals surface area (Å²) < 4.78 is 4.84. The van der Waals surface area contributed by atoms with Crippen molar-refractivity contribution >= 4 is 11.9 Å². The second kappa shape index (κ2) is 11.5. The van der Waals surface area contributed by atoms with Crippen molar-refractivity contribution in [2.75, 3.05) is 40.4 Å². The standard InChI is InChI=1S/C12H24N2O3.C2H4O2/c1-14(8-11(15)9-17-2)12(16)7-10-3-5-13-6-4-10;1-2(3)4/h10-11,13,15H,3-9H2,1-2H3;1H3,(H,3,4). The van der Waals surface area contributed by atoms with Crippen molar-refractivity contribution in [3.8, 4) is 0 Å². The number of piperidine rings is 1. The highest BCUT2D eigenvalue weighted by atomic mass is 16.5. The number of hydrogen-bond acceptors (Lipinski definition) is 5. The molecule has 21 heavy (non-hydrogen) atoms. The zero-order valence-corrected chi connectivity index (χ0v) is 13.2. The zero-order chi connectivity index (χ0) is 16.3. The van der Waals surface area contributed by atoms with Gasteiger partial charge in [-0.1, -0.05) is 0 Å². The molecular formula is C14H28N2O5. The maximum absolute atomic E-state index is 11.9. The number of aliphatic hydroxyl groups excluding tert-OH is 1. The minimum absolute atomic E-state index is 0.118. The maximum Gasteiger partial charge on any atom is 0.300 e. The largest absolute Gasteiger partial charge is 0.481 e. The van der Waals surface area contributed by atoms with Gasteiger partial charge >= 0.3 is 0 Å². The Bertz CT molecular complexity index is 302. The van der Waals surface area contributed by atoms with E-state index >= 15 is 0 Å². The molecule has 0 aromatic heterocycles. The highest BCUT2D eigenvalue weighted by Gasteiger charge is 2.20. The van der Waals surface area contributed by atoms with Gasteiger partial charge in [-0.25, -0.2) is 0 Å². The molecule has 1 fully saturated rings. The molecule has 7 heteroatoms. The quantitative estimate of drug-likeness (QED) is 0.635. The lowest BCUT2D eigenvalue weighted by atomic mass is 9.94. The first-order valence-electron chi connectivity index (χ1n) is 7.18. The predicted octanol–water partition coefficient (Wildman–Crippen LogP) is -0.0673. The van der Waals surface area contributed by atoms with Gasteiger partial charge in [-0.15, -0.1) is 0 Å². The topological polar surface area (TPSA) is 99.1 Å². The molecule has 1 aliphatic rings. The molecule has 1 rings (SSSR count). The van der Waals surface area contributed by atoms with E-state index in [1.165, 1.54) is 0 Å². The van der Waals surface area contributed by atoms with Crippen molar-refractivity contribution in [1.82, 2.24) is 10.2 Å². The van der Waals surface area contributed by atoms with E-state index in [0.29, 0.717) is 18.9 Å². The number of ether oxygens (including phenoxy) is 1. The summed E-state index contributed by atoms with van der Waals surface area (Å²) in [6, 6.07) is 0. The Labute approximate surface area is 126 Å². The molecular weight excluding hydrogens is 276 g/mol. The molecule has 1 amide bonds. The number of methoxy groups -OCH3 is 1. The molecule has 0 bridgehead atoms. The zero-order valence-electron chi connectivity index (χ0n) is 13.2. The lowest BCUT2D eigenvalue weighted by Gasteiger charge is -2.26. The van der Waals surface area contributed by atoms with Crippen molar-refractivity contribution in [2.45, 2.75) is 32.3 Å². The smallest absolute Gasteiger partial charge is 0.300 e. The lowest BCUT2D eigenvalue weighted by Crippen LogP contribution is -2.38. The first-order valence-corrected chi connectivity index (χ1v) is 7.18. The van der Waals surface area contributed by atoms with Crippen LogP contribution >= 0.6 is 0 Å². The van der Waals surface area contributed by atoms with E-state index in [-0.39, 0.29) is 12.5 Å². The van der Waals surface area contributed by atoms with Crippen LogP contribution in [0.3, 0.4) is 0 Å². The van der Waals surface area contributed by atoms with Gasteiger partial charge in [-0.2, -0.15) is 0 Å². The molecule has 0 aromatic rings. The number of likely N-dealkylation sites (N-methyl/N-ethyl adjacent to an activating group) is 1. The highest BCUT2D eigenvalue weighted by molar-refractivity contribution is 5.76. The summed E-state index contributed by atoms with van der Waals surface area (Å²) >= 11 is 0. The number of nitrogens with one attached hydrogen (secondary N) is 1. The van der Waals surface area contributed by atoms with Crippen molar-refractivity contribution in [3.63, 3.8) is 0 Å². The van der Waals surface area contributed by atoms with Gasteiger partial charge in [-0.3, -0.25) is 9.59 Å². The van der Waals surface area contributed by atoms with E-state index in [2.05, 4.69) is 5.32 Å². The van der Waals surface area contributed by atoms with Crippen LogP contribution in [0.4, 0.5) is 0 Å². The van der Waals surface area contributed by atoms with Crippen LogP contribution < -0.4 is 5.32 Å². The van der Waals surface area contributed by atoms with Crippen LogP contribution in [0.15, 0.2) is 0 Å². The third-order valence-electron chi connectivity index (χ3n) is 3.19. The molecule has 0 aromatic carbocycles. The summed E-state index contributed by atoms with van der Waals surface area (Å²) in [4.78, 5) is 22.5. The predicted molar refractivity (Wildman–Crippen MR) is 79.0 cm³/mol. The number of aliphatic hydroxyl groups is 1. The van der Waals surface area contributed by atoms with Gasteiger partial charge in [0.15, 0.2) is 0 Å². The van der Waals surface area contributed by atoms with E-state index in [0.717, 1.165) is 32.9 Å². The normalized spacial score (nSPS) is 16.6. The van der Waals surface area contributed by atoms with Crippen LogP contribution in [0.25, 0.3) is 0 Å². The van der Waals surface area contributed by atoms with E-state index in [9.17, 15) is 9.90 Å². The van der Waals surface area contributed by atoms with Crippen molar-refractivity contribution in [1.29, 1.82) is 0 Å². The number of carboxylic acids is 1. The summed E-state index contributed by atoms with van der Waals surface area (Å²) in [6.07, 6.45) is 2.14. The highest BCUT2D eigenvalue weighted by Crippen LogP contribution is 2.16. The molecule has 0 spiro atoms. The first-order chi connectivity index (χ1) is 9.86. The number of rotatable bonds is 6. The summed E-state index contributed by atoms with van der Waals surface area (Å²) in [5.74, 6) is -0.224. The van der Waals surface area contributed by atoms with E-state index in [4.69, 9.17) is 14.6 Å². The number of hydrogen-bond donors (Lipinski definition) is 3. The number of carbonyl (C=O) groups is 2. The molecule has 1 unspecified atom stereocenters. The average molecular weight is 304 g/mol. The number of carbonyl (C=O) groups excluding carboxylic acids is 1. The van der Waals surface area contributed by atoms with Gasteiger partial charge in [0.25, 0.3) is 5.97 Å². The summed E-state index contributed by atoms with van der Waals surface area (Å²) in [5, 5.41) is 20.2. The molecule has 7 nitrogen and oxygen atoms in total. The van der Waals surface area contributed by atoms with Crippen LogP contribution in [0.2, 0.25) is 0 Å². The van der Waals surface area contributed by atoms with Crippen LogP contribution in [0.1, 0.15) is 26.2 Å². The second-order valence-electron chi connectivity index (χ2n) is 5.30. The van der Waals surface area contributed by atoms with Crippen molar-refractivity contribution < 1.29 is 24.5 Å². The molecule has 1 saturated heterocycles. The van der Waals surface area contributed by atoms with E-state index in [1.54, 1.807) is 19.1 Å². The number of nitrogens with zero attached hydrogens (tertiary/aromatic N) is 1. The monoisotopic (exact) mass is 304 g/mol. The van der Waals surface area contributed by atoms with Gasteiger partial charge in [0.05, 0.1) is 12.7 Å². The van der Waals surface area contributed by atoms with Crippen LogP contribution in [-0.4, -0.2) is 73.5 Å². The summed E-state index contributed by atoms with van der Waals surface area (Å²) in [6.45, 7) is 3.71. The van der Waals surface area contributed by atoms with Gasteiger partial charge in [0, 0.05) is 34.0 Å².